The predicted octanol–water partition coefficient (Wildman–Crippen LogP) is 2.59. The Kier molecular flexibility index (Phi) is 5.51. The van der Waals surface area contributed by atoms with Gasteiger partial charge in [-0.05, 0) is 23.8 Å². The number of pyridine rings is 1. The summed E-state index contributed by atoms with van der Waals surface area (Å²) >= 11 is 0. The Morgan fingerprint density at radius 2 is 2.06 bits per heavy atom. The Balaban J connectivity index is 1.57. The number of nitrogens with one attached hydrogen (secondary N) is 1. The average Bonchev–Trinajstić information content (AvgIpc) is 3.12. The monoisotopic (exact) mass is 448 g/mol. The third-order valence-electron chi connectivity index (χ3n) is 5.14. The maximum absolute atomic E-state index is 13.4. The smallest absolute Gasteiger partial charge is 0.431 e. The number of aromatic amines is 1. The van der Waals surface area contributed by atoms with Crippen molar-refractivity contribution in [3.63, 3.8) is 0 Å². The van der Waals surface area contributed by atoms with Crippen LogP contribution < -0.4 is 16.0 Å². The first-order chi connectivity index (χ1) is 15.1. The summed E-state index contributed by atoms with van der Waals surface area (Å²) in [6, 6.07) is 6.70. The first kappa shape index (κ1) is 21.6. The molecule has 0 radical (unpaired) electrons. The number of H-pyrrole nitrogens is 1. The maximum atomic E-state index is 13.4. The van der Waals surface area contributed by atoms with Gasteiger partial charge in [0.05, 0.1) is 25.5 Å². The molecular weight excluding hydrogens is 429 g/mol. The van der Waals surface area contributed by atoms with Gasteiger partial charge in [0.1, 0.15) is 17.0 Å². The second kappa shape index (κ2) is 8.15. The molecule has 11 heteroatoms. The predicted molar refractivity (Wildman–Crippen MR) is 107 cm³/mol. The molecule has 3 aromatic rings. The highest BCUT2D eigenvalue weighted by molar-refractivity contribution is 5.94. The molecule has 0 aliphatic carbocycles. The Hall–Kier alpha value is -3.60. The number of hydrogen-bond acceptors (Lipinski definition) is 5. The second-order valence-corrected chi connectivity index (χ2v) is 7.42. The van der Waals surface area contributed by atoms with E-state index in [1.165, 1.54) is 24.3 Å². The molecule has 3 N–H and O–H groups in total. The van der Waals surface area contributed by atoms with Crippen molar-refractivity contribution in [3.8, 4) is 16.9 Å². The number of aromatic nitrogens is 3. The van der Waals surface area contributed by atoms with Gasteiger partial charge in [-0.2, -0.15) is 18.3 Å². The van der Waals surface area contributed by atoms with Crippen LogP contribution in [0.25, 0.3) is 11.1 Å². The molecule has 3 heterocycles. The SMILES string of the molecule is Cn1cc2c(n1)COCC2COc1ccc(-c2cc(C(N)=O)c(=O)[nH]c2C(F)(F)F)cc1. The average molecular weight is 448 g/mol. The number of nitrogens with two attached hydrogens (primary N) is 1. The number of nitrogens with zero attached hydrogens (tertiary/aromatic N) is 2. The molecule has 1 amide bonds. The number of fused-ring (bicyclic) bond motifs is 1. The highest BCUT2D eigenvalue weighted by atomic mass is 19.4. The van der Waals surface area contributed by atoms with Gasteiger partial charge in [0.15, 0.2) is 0 Å². The van der Waals surface area contributed by atoms with Crippen molar-refractivity contribution < 1.29 is 27.4 Å². The number of hydrogen-bond donors (Lipinski definition) is 2. The summed E-state index contributed by atoms with van der Waals surface area (Å²) in [5.74, 6) is -0.704. The molecular formula is C21H19F3N4O4. The molecule has 0 fully saturated rings. The first-order valence-corrected chi connectivity index (χ1v) is 9.61. The van der Waals surface area contributed by atoms with Crippen LogP contribution in [0, 0.1) is 0 Å². The summed E-state index contributed by atoms with van der Waals surface area (Å²) in [5, 5.41) is 4.34. The van der Waals surface area contributed by atoms with Gasteiger partial charge < -0.3 is 20.2 Å². The Bertz CT molecular complexity index is 1220. The van der Waals surface area contributed by atoms with E-state index in [0.29, 0.717) is 25.6 Å². The molecule has 4 rings (SSSR count). The maximum Gasteiger partial charge on any atom is 0.431 e. The zero-order chi connectivity index (χ0) is 23.0. The van der Waals surface area contributed by atoms with Crippen molar-refractivity contribution in [1.29, 1.82) is 0 Å². The Labute approximate surface area is 179 Å². The van der Waals surface area contributed by atoms with Crippen LogP contribution >= 0.6 is 0 Å². The number of benzene rings is 1. The van der Waals surface area contributed by atoms with Crippen LogP contribution in [0.2, 0.25) is 0 Å². The van der Waals surface area contributed by atoms with E-state index < -0.39 is 28.9 Å². The number of rotatable bonds is 5. The topological polar surface area (TPSA) is 112 Å². The van der Waals surface area contributed by atoms with E-state index in [4.69, 9.17) is 15.2 Å². The van der Waals surface area contributed by atoms with Gasteiger partial charge >= 0.3 is 6.18 Å². The highest BCUT2D eigenvalue weighted by Crippen LogP contribution is 2.36. The number of alkyl halides is 3. The van der Waals surface area contributed by atoms with Crippen LogP contribution in [-0.2, 0) is 24.6 Å². The number of aryl methyl sites for hydroxylation is 1. The number of carbonyl (C=O) groups excluding carboxylic acids is 1. The third kappa shape index (κ3) is 4.24. The van der Waals surface area contributed by atoms with Crippen molar-refractivity contribution in [2.45, 2.75) is 18.7 Å². The zero-order valence-corrected chi connectivity index (χ0v) is 16.9. The van der Waals surface area contributed by atoms with Gasteiger partial charge in [-0.3, -0.25) is 14.3 Å². The molecule has 1 aliphatic rings. The number of primary amides is 1. The summed E-state index contributed by atoms with van der Waals surface area (Å²) in [6.07, 6.45) is -2.91. The molecule has 1 unspecified atom stereocenters. The normalized spacial score (nSPS) is 15.9. The van der Waals surface area contributed by atoms with Gasteiger partial charge in [-0.25, -0.2) is 0 Å². The van der Waals surface area contributed by atoms with Gasteiger partial charge in [-0.1, -0.05) is 12.1 Å². The van der Waals surface area contributed by atoms with E-state index in [0.717, 1.165) is 17.3 Å². The van der Waals surface area contributed by atoms with Crippen LogP contribution in [0.5, 0.6) is 5.75 Å². The molecule has 0 spiro atoms. The van der Waals surface area contributed by atoms with Crippen molar-refractivity contribution in [2.24, 2.45) is 12.8 Å². The number of ether oxygens (including phenoxy) is 2. The second-order valence-electron chi connectivity index (χ2n) is 7.42. The lowest BCUT2D eigenvalue weighted by atomic mass is 9.99. The quantitative estimate of drug-likeness (QED) is 0.623. The highest BCUT2D eigenvalue weighted by Gasteiger charge is 2.36. The van der Waals surface area contributed by atoms with Crippen LogP contribution in [0.3, 0.4) is 0 Å². The molecule has 1 atom stereocenters. The Morgan fingerprint density at radius 3 is 2.72 bits per heavy atom. The molecule has 1 aliphatic heterocycles. The van der Waals surface area contributed by atoms with Gasteiger partial charge in [0.2, 0.25) is 0 Å². The van der Waals surface area contributed by atoms with Crippen molar-refractivity contribution >= 4 is 5.91 Å². The van der Waals surface area contributed by atoms with E-state index >= 15 is 0 Å². The fourth-order valence-electron chi connectivity index (χ4n) is 3.62. The summed E-state index contributed by atoms with van der Waals surface area (Å²) < 4.78 is 53.4. The number of carbonyl (C=O) groups is 1. The summed E-state index contributed by atoms with van der Waals surface area (Å²) in [7, 11) is 1.82. The summed E-state index contributed by atoms with van der Waals surface area (Å²) in [6.45, 7) is 1.21. The molecule has 8 nitrogen and oxygen atoms in total. The summed E-state index contributed by atoms with van der Waals surface area (Å²) in [5.41, 5.74) is 3.77. The number of halogens is 3. The standard InChI is InChI=1S/C21H19F3N4O4/c1-28-7-16-12(8-31-10-17(16)27-28)9-32-13-4-2-11(3-5-13)14-6-15(19(25)29)20(30)26-18(14)21(22,23)24/h2-7,12H,8-10H2,1H3,(H2,25,29)(H,26,30). The molecule has 0 saturated carbocycles. The lowest BCUT2D eigenvalue weighted by Gasteiger charge is -2.22. The number of amides is 1. The van der Waals surface area contributed by atoms with E-state index in [2.05, 4.69) is 5.10 Å². The van der Waals surface area contributed by atoms with Gasteiger partial charge in [-0.15, -0.1) is 0 Å². The van der Waals surface area contributed by atoms with E-state index in [-0.39, 0.29) is 17.0 Å². The molecule has 32 heavy (non-hydrogen) atoms. The lowest BCUT2D eigenvalue weighted by molar-refractivity contribution is -0.140. The van der Waals surface area contributed by atoms with Gasteiger partial charge in [0.25, 0.3) is 11.5 Å². The van der Waals surface area contributed by atoms with E-state index in [9.17, 15) is 22.8 Å². The third-order valence-corrected chi connectivity index (χ3v) is 5.14. The molecule has 0 bridgehead atoms. The van der Waals surface area contributed by atoms with Crippen LogP contribution in [0.15, 0.2) is 41.3 Å². The minimum atomic E-state index is -4.83. The fraction of sp³-hybridized carbons (Fsp3) is 0.286. The molecule has 1 aromatic carbocycles. The minimum absolute atomic E-state index is 0.0266. The van der Waals surface area contributed by atoms with Crippen LogP contribution in [0.4, 0.5) is 13.2 Å². The zero-order valence-electron chi connectivity index (χ0n) is 16.9. The van der Waals surface area contributed by atoms with Crippen molar-refractivity contribution in [2.75, 3.05) is 13.2 Å². The minimum Gasteiger partial charge on any atom is -0.493 e. The largest absolute Gasteiger partial charge is 0.493 e. The van der Waals surface area contributed by atoms with Crippen molar-refractivity contribution in [3.05, 3.63) is 69.4 Å². The van der Waals surface area contributed by atoms with Crippen LogP contribution in [-0.4, -0.2) is 33.9 Å². The van der Waals surface area contributed by atoms with E-state index in [1.54, 1.807) is 9.67 Å². The van der Waals surface area contributed by atoms with Crippen molar-refractivity contribution in [1.82, 2.24) is 14.8 Å². The summed E-state index contributed by atoms with van der Waals surface area (Å²) in [4.78, 5) is 25.0. The van der Waals surface area contributed by atoms with E-state index in [1.807, 2.05) is 13.2 Å². The first-order valence-electron chi connectivity index (χ1n) is 9.61. The Morgan fingerprint density at radius 1 is 1.34 bits per heavy atom. The fourth-order valence-corrected chi connectivity index (χ4v) is 3.62. The molecule has 2 aromatic heterocycles. The molecule has 168 valence electrons. The van der Waals surface area contributed by atoms with Gasteiger partial charge in [0, 0.05) is 30.3 Å². The lowest BCUT2D eigenvalue weighted by Crippen LogP contribution is -2.27. The van der Waals surface area contributed by atoms with Crippen LogP contribution in [0.1, 0.15) is 33.2 Å². The molecule has 0 saturated heterocycles.